The van der Waals surface area contributed by atoms with Crippen LogP contribution in [0.1, 0.15) is 134 Å². The Kier molecular flexibility index (Phi) is 11.8. The first-order chi connectivity index (χ1) is 26.3. The number of hydrogen-bond donors (Lipinski definition) is 4. The lowest BCUT2D eigenvalue weighted by Crippen LogP contribution is -2.25. The fraction of sp³-hybridized carbons (Fsp3) is 0.457. The first-order valence-electron chi connectivity index (χ1n) is 20.0. The van der Waals surface area contributed by atoms with Gasteiger partial charge in [-0.05, 0) is 106 Å². The van der Waals surface area contributed by atoms with E-state index in [-0.39, 0.29) is 36.6 Å². The van der Waals surface area contributed by atoms with E-state index in [1.165, 1.54) is 31.1 Å². The minimum absolute atomic E-state index is 0.0830. The van der Waals surface area contributed by atoms with Crippen molar-refractivity contribution in [3.63, 3.8) is 0 Å². The molecule has 8 bridgehead atoms. The SMILES string of the molecule is C=Cc1c2[nH]c(c1C)/C=C1\N/C(=C3\c4[nH]c(c(C)c4C(=O)[C@@H]3C(=O)OC)/C=c3\[nH]/c(c(C)c3CC)=C\2)[C@@H](CCC(=O)OC/C=C(\C)CCC[C@H](C)CC)[C@@H]1C. The van der Waals surface area contributed by atoms with Gasteiger partial charge in [0.25, 0.3) is 0 Å². The summed E-state index contributed by atoms with van der Waals surface area (Å²) >= 11 is 0. The van der Waals surface area contributed by atoms with E-state index in [4.69, 9.17) is 9.47 Å². The van der Waals surface area contributed by atoms with Gasteiger partial charge in [-0.3, -0.25) is 14.4 Å². The number of esters is 2. The number of methoxy groups -OCH3 is 1. The number of hydrogen-bond acceptors (Lipinski definition) is 6. The summed E-state index contributed by atoms with van der Waals surface area (Å²) in [4.78, 5) is 52.0. The number of aromatic amines is 3. The second-order valence-electron chi connectivity index (χ2n) is 15.8. The molecule has 0 amide bonds. The Bertz CT molecular complexity index is 2250. The van der Waals surface area contributed by atoms with Gasteiger partial charge in [0.2, 0.25) is 0 Å². The topological polar surface area (TPSA) is 129 Å². The summed E-state index contributed by atoms with van der Waals surface area (Å²) < 4.78 is 11.0. The van der Waals surface area contributed by atoms with Gasteiger partial charge in [0.15, 0.2) is 5.78 Å². The zero-order valence-electron chi connectivity index (χ0n) is 34.1. The average Bonchev–Trinajstić information content (AvgIpc) is 3.90. The molecule has 0 saturated carbocycles. The number of allylic oxidation sites excluding steroid dienone is 3. The Morgan fingerprint density at radius 1 is 0.964 bits per heavy atom. The van der Waals surface area contributed by atoms with Crippen LogP contribution in [0.2, 0.25) is 0 Å². The van der Waals surface area contributed by atoms with Crippen molar-refractivity contribution in [1.82, 2.24) is 20.3 Å². The van der Waals surface area contributed by atoms with E-state index in [1.54, 1.807) is 0 Å². The molecule has 5 heterocycles. The Labute approximate surface area is 325 Å². The molecule has 55 heavy (non-hydrogen) atoms. The molecule has 1 fully saturated rings. The second kappa shape index (κ2) is 16.4. The molecule has 4 N–H and O–H groups in total. The highest BCUT2D eigenvalue weighted by molar-refractivity contribution is 6.24. The lowest BCUT2D eigenvalue weighted by atomic mass is 9.85. The summed E-state index contributed by atoms with van der Waals surface area (Å²) in [5.74, 6) is -1.90. The molecule has 1 saturated heterocycles. The van der Waals surface area contributed by atoms with Crippen LogP contribution in [0.3, 0.4) is 0 Å². The van der Waals surface area contributed by atoms with Crippen LogP contribution in [0.5, 0.6) is 0 Å². The maximum atomic E-state index is 14.3. The third-order valence-electron chi connectivity index (χ3n) is 12.4. The van der Waals surface area contributed by atoms with E-state index in [9.17, 15) is 14.4 Å². The average molecular weight is 747 g/mol. The van der Waals surface area contributed by atoms with Gasteiger partial charge in [0.1, 0.15) is 12.5 Å². The number of carbonyl (C=O) groups is 3. The molecule has 3 aromatic rings. The quantitative estimate of drug-likeness (QED) is 0.0802. The molecule has 2 aliphatic heterocycles. The maximum absolute atomic E-state index is 14.3. The third kappa shape index (κ3) is 7.50. The zero-order chi connectivity index (χ0) is 39.7. The number of Topliss-reactive ketones (excluding diaryl/α,β-unsaturated/α-hetero) is 1. The highest BCUT2D eigenvalue weighted by atomic mass is 16.5. The number of aromatic nitrogens is 3. The fourth-order valence-corrected chi connectivity index (χ4v) is 8.66. The first kappa shape index (κ1) is 39.6. The maximum Gasteiger partial charge on any atom is 0.321 e. The molecule has 0 radical (unpaired) electrons. The van der Waals surface area contributed by atoms with E-state index >= 15 is 0 Å². The summed E-state index contributed by atoms with van der Waals surface area (Å²) in [5, 5.41) is 5.64. The largest absolute Gasteiger partial charge is 0.468 e. The predicted octanol–water partition coefficient (Wildman–Crippen LogP) is 7.85. The normalized spacial score (nSPS) is 22.9. The molecule has 3 aromatic heterocycles. The number of H-pyrrole nitrogens is 3. The minimum atomic E-state index is -1.14. The van der Waals surface area contributed by atoms with Gasteiger partial charge in [0, 0.05) is 74.1 Å². The summed E-state index contributed by atoms with van der Waals surface area (Å²) in [6.07, 6.45) is 16.2. The van der Waals surface area contributed by atoms with Gasteiger partial charge < -0.3 is 29.7 Å². The highest BCUT2D eigenvalue weighted by Gasteiger charge is 2.48. The van der Waals surface area contributed by atoms with Crippen molar-refractivity contribution in [2.24, 2.45) is 23.7 Å². The van der Waals surface area contributed by atoms with Crippen LogP contribution in [0.25, 0.3) is 29.9 Å². The summed E-state index contributed by atoms with van der Waals surface area (Å²) in [6.45, 7) is 21.4. The van der Waals surface area contributed by atoms with E-state index < -0.39 is 11.9 Å². The third-order valence-corrected chi connectivity index (χ3v) is 12.4. The van der Waals surface area contributed by atoms with Crippen molar-refractivity contribution in [2.75, 3.05) is 13.7 Å². The monoisotopic (exact) mass is 746 g/mol. The van der Waals surface area contributed by atoms with Crippen molar-refractivity contribution in [2.45, 2.75) is 100 Å². The molecule has 0 spiro atoms. The highest BCUT2D eigenvalue weighted by Crippen LogP contribution is 2.48. The molecule has 4 atom stereocenters. The van der Waals surface area contributed by atoms with Crippen LogP contribution >= 0.6 is 0 Å². The van der Waals surface area contributed by atoms with Crippen molar-refractivity contribution in [3.05, 3.63) is 96.5 Å². The van der Waals surface area contributed by atoms with Crippen molar-refractivity contribution in [3.8, 4) is 0 Å². The minimum Gasteiger partial charge on any atom is -0.468 e. The number of ether oxygens (including phenoxy) is 2. The number of fused-ring (bicyclic) bond motifs is 7. The first-order valence-corrected chi connectivity index (χ1v) is 20.0. The van der Waals surface area contributed by atoms with Crippen molar-refractivity contribution >= 4 is 47.6 Å². The smallest absolute Gasteiger partial charge is 0.321 e. The lowest BCUT2D eigenvalue weighted by molar-refractivity contribution is -0.143. The lowest BCUT2D eigenvalue weighted by Gasteiger charge is -2.19. The zero-order valence-corrected chi connectivity index (χ0v) is 34.1. The van der Waals surface area contributed by atoms with Gasteiger partial charge in [-0.1, -0.05) is 58.8 Å². The fourth-order valence-electron chi connectivity index (χ4n) is 8.66. The predicted molar refractivity (Wildman–Crippen MR) is 220 cm³/mol. The van der Waals surface area contributed by atoms with E-state index in [0.717, 1.165) is 86.6 Å². The molecule has 292 valence electrons. The molecule has 1 aliphatic carbocycles. The Balaban J connectivity index is 1.45. The van der Waals surface area contributed by atoms with Crippen LogP contribution in [0.15, 0.2) is 29.6 Å². The molecule has 0 unspecified atom stereocenters. The molecular formula is C46H58N4O5. The molecule has 9 nitrogen and oxygen atoms in total. The van der Waals surface area contributed by atoms with Gasteiger partial charge >= 0.3 is 11.9 Å². The number of rotatable bonds is 13. The number of nitrogens with one attached hydrogen (secondary N) is 4. The standard InChI is InChI=1S/C46H58N4O5/c1-11-24(4)15-14-16-25(5)19-20-55-39(51)18-17-32-28(8)35-21-33-26(6)30(12-2)37(47-33)22-34-27(7)31(13-3)38(48-34)23-36-29(9)40-44(50-36)41(43(32)49-35)42(45(40)52)46(53)54-10/h12,19,21-24,28,32,42,47-50H,2,11,13-18,20H2,1,3-10H3/b25-19+,34-22-,35-21-,38-23-,43-41-/t24-,28+,32+,42-/m1/s1. The summed E-state index contributed by atoms with van der Waals surface area (Å²) in [7, 11) is 1.32. The molecular weight excluding hydrogens is 689 g/mol. The molecule has 9 heteroatoms. The molecule has 3 aliphatic rings. The Morgan fingerprint density at radius 2 is 1.69 bits per heavy atom. The van der Waals surface area contributed by atoms with Gasteiger partial charge in [-0.15, -0.1) is 0 Å². The number of carbonyl (C=O) groups excluding carboxylic acids is 3. The summed E-state index contributed by atoms with van der Waals surface area (Å²) in [6, 6.07) is 0. The van der Waals surface area contributed by atoms with Crippen LogP contribution in [0, 0.1) is 44.4 Å². The van der Waals surface area contributed by atoms with Gasteiger partial charge in [-0.25, -0.2) is 0 Å². The molecule has 6 rings (SSSR count). The second-order valence-corrected chi connectivity index (χ2v) is 15.8. The van der Waals surface area contributed by atoms with Crippen LogP contribution < -0.4 is 16.0 Å². The van der Waals surface area contributed by atoms with E-state index in [2.05, 4.69) is 93.5 Å². The Hall–Kier alpha value is -5.05. The van der Waals surface area contributed by atoms with Crippen LogP contribution in [0.4, 0.5) is 0 Å². The van der Waals surface area contributed by atoms with Crippen LogP contribution in [-0.4, -0.2) is 46.4 Å². The van der Waals surface area contributed by atoms with Gasteiger partial charge in [0.05, 0.1) is 12.8 Å². The van der Waals surface area contributed by atoms with Crippen LogP contribution in [-0.2, 0) is 25.5 Å². The van der Waals surface area contributed by atoms with Crippen molar-refractivity contribution < 1.29 is 23.9 Å². The van der Waals surface area contributed by atoms with E-state index in [1.807, 2.05) is 19.1 Å². The molecule has 0 aromatic carbocycles. The van der Waals surface area contributed by atoms with Gasteiger partial charge in [-0.2, -0.15) is 0 Å². The number of ketones is 1. The summed E-state index contributed by atoms with van der Waals surface area (Å²) in [5.41, 5.74) is 12.4. The van der Waals surface area contributed by atoms with Crippen molar-refractivity contribution in [1.29, 1.82) is 0 Å². The Morgan fingerprint density at radius 3 is 2.38 bits per heavy atom. The van der Waals surface area contributed by atoms with E-state index in [0.29, 0.717) is 23.3 Å².